The summed E-state index contributed by atoms with van der Waals surface area (Å²) in [6.07, 6.45) is 1.97. The van der Waals surface area contributed by atoms with Crippen molar-refractivity contribution in [2.45, 2.75) is 32.7 Å². The summed E-state index contributed by atoms with van der Waals surface area (Å²) in [5.74, 6) is 0.952. The first-order valence-electron chi connectivity index (χ1n) is 6.10. The molecule has 0 amide bonds. The summed E-state index contributed by atoms with van der Waals surface area (Å²) >= 11 is 0. The van der Waals surface area contributed by atoms with Crippen molar-refractivity contribution in [2.75, 3.05) is 14.2 Å². The Morgan fingerprint density at radius 2 is 2.18 bits per heavy atom. The number of hydrogen-bond donors (Lipinski definition) is 1. The second-order valence-corrected chi connectivity index (χ2v) is 4.39. The predicted molar refractivity (Wildman–Crippen MR) is 73.6 cm³/mol. The molecule has 0 fully saturated rings. The van der Waals surface area contributed by atoms with Gasteiger partial charge in [-0.3, -0.25) is 0 Å². The Morgan fingerprint density at radius 3 is 2.71 bits per heavy atom. The zero-order chi connectivity index (χ0) is 12.8. The van der Waals surface area contributed by atoms with Crippen LogP contribution >= 0.6 is 0 Å². The topological polar surface area (TPSA) is 21.3 Å². The standard InChI is InChI=1S/C15H23NO/c1-6-11(2)9-14(16-4)13-8-7-12(3)10-15(13)17-5/h7-8,10,14,16H,2,6,9H2,1,3-5H3. The quantitative estimate of drug-likeness (QED) is 0.758. The first kappa shape index (κ1) is 13.8. The lowest BCUT2D eigenvalue weighted by Crippen LogP contribution is -2.17. The van der Waals surface area contributed by atoms with Crippen molar-refractivity contribution in [3.8, 4) is 5.75 Å². The minimum atomic E-state index is 0.276. The van der Waals surface area contributed by atoms with Crippen LogP contribution in [0.25, 0.3) is 0 Å². The summed E-state index contributed by atoms with van der Waals surface area (Å²) in [7, 11) is 3.70. The van der Waals surface area contributed by atoms with Gasteiger partial charge in [0.05, 0.1) is 7.11 Å². The zero-order valence-corrected chi connectivity index (χ0v) is 11.3. The normalized spacial score (nSPS) is 12.2. The maximum absolute atomic E-state index is 5.45. The van der Waals surface area contributed by atoms with Gasteiger partial charge in [0.15, 0.2) is 0 Å². The van der Waals surface area contributed by atoms with E-state index in [1.807, 2.05) is 7.05 Å². The first-order valence-corrected chi connectivity index (χ1v) is 6.10. The van der Waals surface area contributed by atoms with Crippen LogP contribution in [0.3, 0.4) is 0 Å². The Morgan fingerprint density at radius 1 is 1.47 bits per heavy atom. The molecule has 1 unspecified atom stereocenters. The predicted octanol–water partition coefficient (Wildman–Crippen LogP) is 3.62. The number of nitrogens with one attached hydrogen (secondary N) is 1. The Bertz CT molecular complexity index is 385. The van der Waals surface area contributed by atoms with Crippen molar-refractivity contribution >= 4 is 0 Å². The molecule has 0 aliphatic rings. The number of rotatable bonds is 6. The van der Waals surface area contributed by atoms with Gasteiger partial charge in [0.1, 0.15) is 5.75 Å². The molecule has 17 heavy (non-hydrogen) atoms. The fraction of sp³-hybridized carbons (Fsp3) is 0.467. The van der Waals surface area contributed by atoms with Crippen LogP contribution in [0, 0.1) is 6.92 Å². The van der Waals surface area contributed by atoms with E-state index in [0.29, 0.717) is 0 Å². The summed E-state index contributed by atoms with van der Waals surface area (Å²) in [5.41, 5.74) is 3.68. The van der Waals surface area contributed by atoms with Crippen LogP contribution in [0.5, 0.6) is 5.75 Å². The monoisotopic (exact) mass is 233 g/mol. The maximum Gasteiger partial charge on any atom is 0.123 e. The molecule has 1 atom stereocenters. The highest BCUT2D eigenvalue weighted by atomic mass is 16.5. The second kappa shape index (κ2) is 6.45. The van der Waals surface area contributed by atoms with Crippen molar-refractivity contribution in [1.82, 2.24) is 5.32 Å². The minimum Gasteiger partial charge on any atom is -0.496 e. The van der Waals surface area contributed by atoms with Crippen LogP contribution in [-0.4, -0.2) is 14.2 Å². The summed E-state index contributed by atoms with van der Waals surface area (Å²) < 4.78 is 5.45. The smallest absolute Gasteiger partial charge is 0.123 e. The van der Waals surface area contributed by atoms with Crippen molar-refractivity contribution in [3.05, 3.63) is 41.5 Å². The third kappa shape index (κ3) is 3.60. The number of hydrogen-bond acceptors (Lipinski definition) is 2. The molecule has 1 aromatic rings. The van der Waals surface area contributed by atoms with Gasteiger partial charge >= 0.3 is 0 Å². The molecular formula is C15H23NO. The largest absolute Gasteiger partial charge is 0.496 e. The highest BCUT2D eigenvalue weighted by Crippen LogP contribution is 2.30. The van der Waals surface area contributed by atoms with E-state index >= 15 is 0 Å². The summed E-state index contributed by atoms with van der Waals surface area (Å²) in [5, 5.41) is 3.34. The van der Waals surface area contributed by atoms with Gasteiger partial charge in [-0.05, 0) is 38.4 Å². The van der Waals surface area contributed by atoms with Crippen LogP contribution < -0.4 is 10.1 Å². The fourth-order valence-electron chi connectivity index (χ4n) is 1.91. The average molecular weight is 233 g/mol. The average Bonchev–Trinajstić information content (AvgIpc) is 2.35. The van der Waals surface area contributed by atoms with Crippen molar-refractivity contribution < 1.29 is 4.74 Å². The van der Waals surface area contributed by atoms with E-state index in [1.165, 1.54) is 16.7 Å². The Hall–Kier alpha value is -1.28. The number of ether oxygens (including phenoxy) is 1. The molecule has 0 heterocycles. The number of aryl methyl sites for hydroxylation is 1. The van der Waals surface area contributed by atoms with Gasteiger partial charge in [-0.25, -0.2) is 0 Å². The van der Waals surface area contributed by atoms with E-state index in [-0.39, 0.29) is 6.04 Å². The molecule has 0 aliphatic carbocycles. The van der Waals surface area contributed by atoms with Gasteiger partial charge in [0, 0.05) is 11.6 Å². The molecule has 94 valence electrons. The number of benzene rings is 1. The molecule has 0 spiro atoms. The van der Waals surface area contributed by atoms with Crippen molar-refractivity contribution in [3.63, 3.8) is 0 Å². The molecule has 1 rings (SSSR count). The third-order valence-electron chi connectivity index (χ3n) is 3.11. The Kier molecular flexibility index (Phi) is 5.23. The molecule has 0 saturated carbocycles. The maximum atomic E-state index is 5.45. The van der Waals surface area contributed by atoms with Crippen LogP contribution in [0.2, 0.25) is 0 Å². The van der Waals surface area contributed by atoms with Gasteiger partial charge in [0.25, 0.3) is 0 Å². The third-order valence-corrected chi connectivity index (χ3v) is 3.11. The van der Waals surface area contributed by atoms with Gasteiger partial charge in [-0.1, -0.05) is 31.2 Å². The molecule has 0 aliphatic heterocycles. The van der Waals surface area contributed by atoms with Crippen LogP contribution in [0.4, 0.5) is 0 Å². The summed E-state index contributed by atoms with van der Waals surface area (Å²) in [6, 6.07) is 6.61. The Balaban J connectivity index is 2.98. The Labute approximate surface area is 105 Å². The van der Waals surface area contributed by atoms with Crippen LogP contribution in [-0.2, 0) is 0 Å². The van der Waals surface area contributed by atoms with Gasteiger partial charge < -0.3 is 10.1 Å². The second-order valence-electron chi connectivity index (χ2n) is 4.39. The van der Waals surface area contributed by atoms with E-state index in [1.54, 1.807) is 7.11 Å². The molecular weight excluding hydrogens is 210 g/mol. The molecule has 1 aromatic carbocycles. The van der Waals surface area contributed by atoms with E-state index in [2.05, 4.69) is 43.9 Å². The molecule has 1 N–H and O–H groups in total. The van der Waals surface area contributed by atoms with Gasteiger partial charge in [-0.15, -0.1) is 0 Å². The van der Waals surface area contributed by atoms with Crippen LogP contribution in [0.15, 0.2) is 30.4 Å². The fourth-order valence-corrected chi connectivity index (χ4v) is 1.91. The van der Waals surface area contributed by atoms with E-state index < -0.39 is 0 Å². The lowest BCUT2D eigenvalue weighted by Gasteiger charge is -2.20. The van der Waals surface area contributed by atoms with Crippen LogP contribution in [0.1, 0.15) is 36.9 Å². The lowest BCUT2D eigenvalue weighted by atomic mass is 9.97. The van der Waals surface area contributed by atoms with E-state index in [9.17, 15) is 0 Å². The molecule has 0 bridgehead atoms. The van der Waals surface area contributed by atoms with E-state index in [4.69, 9.17) is 4.74 Å². The highest BCUT2D eigenvalue weighted by molar-refractivity contribution is 5.39. The SMILES string of the molecule is C=C(CC)CC(NC)c1ccc(C)cc1OC. The molecule has 0 saturated heterocycles. The van der Waals surface area contributed by atoms with Gasteiger partial charge in [-0.2, -0.15) is 0 Å². The zero-order valence-electron chi connectivity index (χ0n) is 11.3. The minimum absolute atomic E-state index is 0.276. The molecule has 2 heteroatoms. The first-order chi connectivity index (χ1) is 8.12. The summed E-state index contributed by atoms with van der Waals surface area (Å²) in [6.45, 7) is 8.29. The summed E-state index contributed by atoms with van der Waals surface area (Å²) in [4.78, 5) is 0. The highest BCUT2D eigenvalue weighted by Gasteiger charge is 2.14. The van der Waals surface area contributed by atoms with Crippen molar-refractivity contribution in [2.24, 2.45) is 0 Å². The number of methoxy groups -OCH3 is 1. The molecule has 0 radical (unpaired) electrons. The molecule has 2 nitrogen and oxygen atoms in total. The van der Waals surface area contributed by atoms with E-state index in [0.717, 1.165) is 18.6 Å². The molecule has 0 aromatic heterocycles. The van der Waals surface area contributed by atoms with Gasteiger partial charge in [0.2, 0.25) is 0 Å². The van der Waals surface area contributed by atoms with Crippen molar-refractivity contribution in [1.29, 1.82) is 0 Å². The lowest BCUT2D eigenvalue weighted by molar-refractivity contribution is 0.400.